The van der Waals surface area contributed by atoms with Crippen molar-refractivity contribution in [3.63, 3.8) is 0 Å². The molecule has 4 heteroatoms. The number of rotatable bonds is 7. The molecular formula is C13H23NO3. The Balaban J connectivity index is 2.46. The summed E-state index contributed by atoms with van der Waals surface area (Å²) in [4.78, 5) is 22.9. The number of carboxylic acids is 1. The average molecular weight is 241 g/mol. The lowest BCUT2D eigenvalue weighted by molar-refractivity contribution is -0.142. The zero-order chi connectivity index (χ0) is 13.1. The van der Waals surface area contributed by atoms with Gasteiger partial charge in [-0.05, 0) is 24.7 Å². The monoisotopic (exact) mass is 241 g/mol. The summed E-state index contributed by atoms with van der Waals surface area (Å²) in [6, 6.07) is -0.718. The number of hydrogen-bond acceptors (Lipinski definition) is 2. The van der Waals surface area contributed by atoms with Crippen LogP contribution in [0, 0.1) is 11.3 Å². The molecule has 0 spiro atoms. The number of aliphatic carboxylic acids is 1. The first-order chi connectivity index (χ1) is 7.94. The topological polar surface area (TPSA) is 66.4 Å². The van der Waals surface area contributed by atoms with Crippen molar-refractivity contribution in [1.82, 2.24) is 5.32 Å². The lowest BCUT2D eigenvalue weighted by Crippen LogP contribution is -2.42. The van der Waals surface area contributed by atoms with Gasteiger partial charge in [0.05, 0.1) is 0 Å². The van der Waals surface area contributed by atoms with Gasteiger partial charge in [0, 0.05) is 5.92 Å². The highest BCUT2D eigenvalue weighted by molar-refractivity contribution is 5.87. The van der Waals surface area contributed by atoms with Crippen LogP contribution < -0.4 is 5.32 Å². The standard InChI is InChI=1S/C13H23NO3/c1-4-6-7-10(12(16)17)14-11(15)9-8-13(9,3)5-2/h9-10H,4-8H2,1-3H3,(H,14,15)(H,16,17). The van der Waals surface area contributed by atoms with Crippen molar-refractivity contribution in [2.75, 3.05) is 0 Å². The van der Waals surface area contributed by atoms with Gasteiger partial charge in [-0.3, -0.25) is 4.79 Å². The highest BCUT2D eigenvalue weighted by Gasteiger charge is 2.53. The smallest absolute Gasteiger partial charge is 0.326 e. The lowest BCUT2D eigenvalue weighted by atomic mass is 10.0. The first-order valence-corrected chi connectivity index (χ1v) is 6.47. The van der Waals surface area contributed by atoms with E-state index in [4.69, 9.17) is 5.11 Å². The van der Waals surface area contributed by atoms with E-state index < -0.39 is 12.0 Å². The Morgan fingerprint density at radius 2 is 2.12 bits per heavy atom. The second-order valence-electron chi connectivity index (χ2n) is 5.31. The number of carboxylic acid groups (broad SMARTS) is 1. The van der Waals surface area contributed by atoms with Crippen molar-refractivity contribution in [3.8, 4) is 0 Å². The summed E-state index contributed by atoms with van der Waals surface area (Å²) in [5, 5.41) is 11.7. The summed E-state index contributed by atoms with van der Waals surface area (Å²) in [6.45, 7) is 6.16. The Hall–Kier alpha value is -1.06. The number of carbonyl (C=O) groups excluding carboxylic acids is 1. The van der Waals surface area contributed by atoms with Gasteiger partial charge in [0.15, 0.2) is 0 Å². The Labute approximate surface area is 103 Å². The van der Waals surface area contributed by atoms with Gasteiger partial charge in [0.25, 0.3) is 0 Å². The maximum absolute atomic E-state index is 11.9. The van der Waals surface area contributed by atoms with E-state index in [-0.39, 0.29) is 17.2 Å². The molecule has 17 heavy (non-hydrogen) atoms. The van der Waals surface area contributed by atoms with Crippen LogP contribution >= 0.6 is 0 Å². The predicted octanol–water partition coefficient (Wildman–Crippen LogP) is 2.18. The Morgan fingerprint density at radius 1 is 1.47 bits per heavy atom. The van der Waals surface area contributed by atoms with Crippen LogP contribution in [0.3, 0.4) is 0 Å². The summed E-state index contributed by atoms with van der Waals surface area (Å²) in [6.07, 6.45) is 4.14. The molecule has 1 amide bonds. The SMILES string of the molecule is CCCCC(NC(=O)C1CC1(C)CC)C(=O)O. The van der Waals surface area contributed by atoms with Crippen LogP contribution in [0.1, 0.15) is 52.9 Å². The highest BCUT2D eigenvalue weighted by atomic mass is 16.4. The second kappa shape index (κ2) is 5.52. The van der Waals surface area contributed by atoms with Crippen LogP contribution in [0.2, 0.25) is 0 Å². The molecule has 2 N–H and O–H groups in total. The van der Waals surface area contributed by atoms with Crippen molar-refractivity contribution in [2.45, 2.75) is 58.9 Å². The van der Waals surface area contributed by atoms with Crippen LogP contribution in [-0.2, 0) is 9.59 Å². The van der Waals surface area contributed by atoms with Crippen molar-refractivity contribution in [2.24, 2.45) is 11.3 Å². The summed E-state index contributed by atoms with van der Waals surface area (Å²) < 4.78 is 0. The molecule has 0 heterocycles. The van der Waals surface area contributed by atoms with Crippen LogP contribution in [0.4, 0.5) is 0 Å². The minimum absolute atomic E-state index is 0.0102. The maximum Gasteiger partial charge on any atom is 0.326 e. The normalized spacial score (nSPS) is 28.5. The van der Waals surface area contributed by atoms with Gasteiger partial charge in [-0.2, -0.15) is 0 Å². The van der Waals surface area contributed by atoms with Crippen molar-refractivity contribution in [3.05, 3.63) is 0 Å². The molecule has 0 aromatic rings. The van der Waals surface area contributed by atoms with E-state index in [1.54, 1.807) is 0 Å². The van der Waals surface area contributed by atoms with E-state index in [0.717, 1.165) is 25.7 Å². The van der Waals surface area contributed by atoms with E-state index in [9.17, 15) is 9.59 Å². The number of nitrogens with one attached hydrogen (secondary N) is 1. The maximum atomic E-state index is 11.9. The van der Waals surface area contributed by atoms with Crippen LogP contribution in [-0.4, -0.2) is 23.0 Å². The molecule has 4 nitrogen and oxygen atoms in total. The first-order valence-electron chi connectivity index (χ1n) is 6.47. The molecule has 0 aromatic heterocycles. The van der Waals surface area contributed by atoms with E-state index in [1.807, 2.05) is 6.92 Å². The zero-order valence-electron chi connectivity index (χ0n) is 11.0. The Kier molecular flexibility index (Phi) is 4.54. The fourth-order valence-electron chi connectivity index (χ4n) is 2.15. The molecule has 0 bridgehead atoms. The average Bonchev–Trinajstić information content (AvgIpc) is 2.97. The quantitative estimate of drug-likeness (QED) is 0.718. The lowest BCUT2D eigenvalue weighted by Gasteiger charge is -2.15. The number of hydrogen-bond donors (Lipinski definition) is 2. The number of amides is 1. The van der Waals surface area contributed by atoms with Crippen molar-refractivity contribution in [1.29, 1.82) is 0 Å². The molecule has 0 radical (unpaired) electrons. The molecule has 1 aliphatic rings. The van der Waals surface area contributed by atoms with Gasteiger partial charge in [0.2, 0.25) is 5.91 Å². The third kappa shape index (κ3) is 3.45. The molecule has 1 fully saturated rings. The van der Waals surface area contributed by atoms with Crippen LogP contribution in [0.15, 0.2) is 0 Å². The van der Waals surface area contributed by atoms with Gasteiger partial charge >= 0.3 is 5.97 Å². The molecule has 0 aromatic carbocycles. The summed E-state index contributed by atoms with van der Waals surface area (Å²) in [7, 11) is 0. The zero-order valence-corrected chi connectivity index (χ0v) is 11.0. The third-order valence-electron chi connectivity index (χ3n) is 3.94. The second-order valence-corrected chi connectivity index (χ2v) is 5.31. The van der Waals surface area contributed by atoms with E-state index >= 15 is 0 Å². The summed E-state index contributed by atoms with van der Waals surface area (Å²) in [5.74, 6) is -1.00. The minimum Gasteiger partial charge on any atom is -0.480 e. The molecule has 0 saturated heterocycles. The Morgan fingerprint density at radius 3 is 2.53 bits per heavy atom. The Bertz CT molecular complexity index is 303. The molecule has 3 unspecified atom stereocenters. The van der Waals surface area contributed by atoms with Crippen LogP contribution in [0.25, 0.3) is 0 Å². The van der Waals surface area contributed by atoms with E-state index in [0.29, 0.717) is 6.42 Å². The largest absolute Gasteiger partial charge is 0.480 e. The van der Waals surface area contributed by atoms with Gasteiger partial charge in [-0.1, -0.05) is 33.6 Å². The molecule has 1 saturated carbocycles. The van der Waals surface area contributed by atoms with Gasteiger partial charge in [-0.15, -0.1) is 0 Å². The predicted molar refractivity (Wildman–Crippen MR) is 65.6 cm³/mol. The summed E-state index contributed by atoms with van der Waals surface area (Å²) in [5.41, 5.74) is 0.0951. The molecule has 3 atom stereocenters. The minimum atomic E-state index is -0.925. The fraction of sp³-hybridized carbons (Fsp3) is 0.846. The first kappa shape index (κ1) is 14.0. The van der Waals surface area contributed by atoms with Crippen molar-refractivity contribution >= 4 is 11.9 Å². The third-order valence-corrected chi connectivity index (χ3v) is 3.94. The summed E-state index contributed by atoms with van der Waals surface area (Å²) >= 11 is 0. The fourth-order valence-corrected chi connectivity index (χ4v) is 2.15. The number of unbranched alkanes of at least 4 members (excludes halogenated alkanes) is 1. The molecule has 0 aliphatic heterocycles. The molecule has 1 aliphatic carbocycles. The number of carbonyl (C=O) groups is 2. The highest BCUT2D eigenvalue weighted by Crippen LogP contribution is 2.54. The van der Waals surface area contributed by atoms with Crippen LogP contribution in [0.5, 0.6) is 0 Å². The van der Waals surface area contributed by atoms with E-state index in [2.05, 4.69) is 19.2 Å². The molecule has 1 rings (SSSR count). The van der Waals surface area contributed by atoms with Gasteiger partial charge < -0.3 is 10.4 Å². The molecular weight excluding hydrogens is 218 g/mol. The van der Waals surface area contributed by atoms with Gasteiger partial charge in [-0.25, -0.2) is 4.79 Å². The molecule has 98 valence electrons. The van der Waals surface area contributed by atoms with Gasteiger partial charge in [0.1, 0.15) is 6.04 Å². The van der Waals surface area contributed by atoms with Crippen molar-refractivity contribution < 1.29 is 14.7 Å². The van der Waals surface area contributed by atoms with E-state index in [1.165, 1.54) is 0 Å².